The maximum atomic E-state index is 11.9. The van der Waals surface area contributed by atoms with Crippen molar-refractivity contribution in [3.05, 3.63) is 70.5 Å². The number of aryl methyl sites for hydroxylation is 4. The van der Waals surface area contributed by atoms with Crippen molar-refractivity contribution in [2.24, 2.45) is 5.84 Å². The molecule has 0 saturated carbocycles. The molecule has 29 heavy (non-hydrogen) atoms. The molecule has 0 aliphatic heterocycles. The van der Waals surface area contributed by atoms with Gasteiger partial charge in [-0.2, -0.15) is 5.10 Å². The number of hydrogen-bond donors (Lipinski definition) is 2. The van der Waals surface area contributed by atoms with E-state index >= 15 is 0 Å². The van der Waals surface area contributed by atoms with Gasteiger partial charge in [-0.1, -0.05) is 12.1 Å². The van der Waals surface area contributed by atoms with Gasteiger partial charge >= 0.3 is 6.03 Å². The Morgan fingerprint density at radius 2 is 1.90 bits per heavy atom. The lowest BCUT2D eigenvalue weighted by atomic mass is 10.1. The van der Waals surface area contributed by atoms with Gasteiger partial charge in [0.2, 0.25) is 0 Å². The van der Waals surface area contributed by atoms with Crippen molar-refractivity contribution in [2.45, 2.75) is 34.3 Å². The Morgan fingerprint density at radius 3 is 2.52 bits per heavy atom. The highest BCUT2D eigenvalue weighted by atomic mass is 16.5. The lowest BCUT2D eigenvalue weighted by Crippen LogP contribution is -2.37. The van der Waals surface area contributed by atoms with E-state index < -0.39 is 0 Å². The van der Waals surface area contributed by atoms with E-state index in [0.29, 0.717) is 12.3 Å². The van der Waals surface area contributed by atoms with E-state index in [1.54, 1.807) is 0 Å². The largest absolute Gasteiger partial charge is 0.489 e. The Morgan fingerprint density at radius 1 is 1.14 bits per heavy atom. The number of urea groups is 1. The first-order valence-electron chi connectivity index (χ1n) is 9.41. The minimum absolute atomic E-state index is 0.329. The van der Waals surface area contributed by atoms with Gasteiger partial charge in [-0.05, 0) is 69.2 Å². The molecule has 0 aliphatic rings. The molecule has 0 unspecified atom stereocenters. The highest BCUT2D eigenvalue weighted by Gasteiger charge is 2.12. The van der Waals surface area contributed by atoms with E-state index in [4.69, 9.17) is 10.6 Å². The fourth-order valence-electron chi connectivity index (χ4n) is 3.20. The Balaban J connectivity index is 1.79. The Bertz CT molecular complexity index is 1040. The molecule has 2 amide bonds. The van der Waals surface area contributed by atoms with Gasteiger partial charge in [-0.25, -0.2) is 15.3 Å². The van der Waals surface area contributed by atoms with Gasteiger partial charge < -0.3 is 10.1 Å². The van der Waals surface area contributed by atoms with E-state index in [9.17, 15) is 4.79 Å². The predicted octanol–water partition coefficient (Wildman–Crippen LogP) is 4.02. The number of carbonyl (C=O) groups is 1. The average Bonchev–Trinajstić information content (AvgIpc) is 2.99. The number of anilines is 1. The second-order valence-electron chi connectivity index (χ2n) is 7.22. The molecule has 7 nitrogen and oxygen atoms in total. The lowest BCUT2D eigenvalue weighted by molar-refractivity contribution is 0.223. The topological polar surface area (TPSA) is 85.4 Å². The number of nitrogens with two attached hydrogens (primary N) is 1. The number of amides is 2. The van der Waals surface area contributed by atoms with Crippen LogP contribution in [0, 0.1) is 27.7 Å². The van der Waals surface area contributed by atoms with Crippen molar-refractivity contribution in [1.29, 1.82) is 0 Å². The smallest absolute Gasteiger partial charge is 0.335 e. The number of rotatable bonds is 5. The zero-order chi connectivity index (χ0) is 21.1. The number of ether oxygens (including phenoxy) is 1. The van der Waals surface area contributed by atoms with Gasteiger partial charge in [0.15, 0.2) is 0 Å². The average molecular weight is 393 g/mol. The Labute approximate surface area is 171 Å². The fraction of sp³-hybridized carbons (Fsp3) is 0.273. The molecule has 2 aromatic carbocycles. The van der Waals surface area contributed by atoms with Crippen molar-refractivity contribution in [3.8, 4) is 11.4 Å². The van der Waals surface area contributed by atoms with E-state index in [2.05, 4.69) is 16.5 Å². The first-order valence-corrected chi connectivity index (χ1v) is 9.41. The van der Waals surface area contributed by atoms with Crippen LogP contribution < -0.4 is 15.9 Å². The second-order valence-corrected chi connectivity index (χ2v) is 7.22. The predicted molar refractivity (Wildman–Crippen MR) is 114 cm³/mol. The van der Waals surface area contributed by atoms with E-state index in [0.717, 1.165) is 44.5 Å². The van der Waals surface area contributed by atoms with Crippen LogP contribution in [0.2, 0.25) is 0 Å². The molecule has 3 N–H and O–H groups in total. The standard InChI is InChI=1S/C22H27N5O2/c1-14-7-6-8-20(24-22(28)26(5)23)19(14)13-29-18-9-10-21(15(2)11-18)27-17(4)12-16(3)25-27/h6-12H,13,23H2,1-5H3,(H,24,28). The summed E-state index contributed by atoms with van der Waals surface area (Å²) in [7, 11) is 1.49. The summed E-state index contributed by atoms with van der Waals surface area (Å²) in [5.41, 5.74) is 6.78. The number of hydrogen-bond acceptors (Lipinski definition) is 4. The van der Waals surface area contributed by atoms with Gasteiger partial charge in [0.05, 0.1) is 11.4 Å². The molecule has 0 atom stereocenters. The molecule has 0 spiro atoms. The van der Waals surface area contributed by atoms with Crippen LogP contribution in [-0.2, 0) is 6.61 Å². The molecule has 7 heteroatoms. The summed E-state index contributed by atoms with van der Waals surface area (Å²) in [4.78, 5) is 11.9. The van der Waals surface area contributed by atoms with Gasteiger partial charge in [-0.15, -0.1) is 0 Å². The third kappa shape index (κ3) is 4.57. The summed E-state index contributed by atoms with van der Waals surface area (Å²) >= 11 is 0. The number of carbonyl (C=O) groups excluding carboxylic acids is 1. The van der Waals surface area contributed by atoms with Crippen molar-refractivity contribution < 1.29 is 9.53 Å². The summed E-state index contributed by atoms with van der Waals surface area (Å²) in [6, 6.07) is 13.3. The van der Waals surface area contributed by atoms with Gasteiger partial charge in [0.1, 0.15) is 12.4 Å². The molecule has 0 fully saturated rings. The molecule has 3 aromatic rings. The summed E-state index contributed by atoms with van der Waals surface area (Å²) < 4.78 is 7.97. The van der Waals surface area contributed by atoms with Crippen LogP contribution in [0.1, 0.15) is 28.1 Å². The van der Waals surface area contributed by atoms with Crippen LogP contribution in [0.5, 0.6) is 5.75 Å². The number of hydrazine groups is 1. The van der Waals surface area contributed by atoms with Gasteiger partial charge in [0.25, 0.3) is 0 Å². The number of aromatic nitrogens is 2. The molecule has 3 rings (SSSR count). The zero-order valence-corrected chi connectivity index (χ0v) is 17.5. The lowest BCUT2D eigenvalue weighted by Gasteiger charge is -2.17. The maximum Gasteiger partial charge on any atom is 0.335 e. The summed E-state index contributed by atoms with van der Waals surface area (Å²) in [5.74, 6) is 6.26. The SMILES string of the molecule is Cc1cc(C)n(-c2ccc(OCc3c(C)cccc3NC(=O)N(C)N)cc2C)n1. The van der Waals surface area contributed by atoms with E-state index in [1.165, 1.54) is 7.05 Å². The van der Waals surface area contributed by atoms with Crippen LogP contribution in [0.15, 0.2) is 42.5 Å². The third-order valence-electron chi connectivity index (χ3n) is 4.76. The van der Waals surface area contributed by atoms with Crippen LogP contribution in [0.25, 0.3) is 5.69 Å². The van der Waals surface area contributed by atoms with Crippen molar-refractivity contribution in [1.82, 2.24) is 14.8 Å². The molecule has 0 bridgehead atoms. The normalized spacial score (nSPS) is 10.7. The molecular formula is C22H27N5O2. The highest BCUT2D eigenvalue weighted by Crippen LogP contribution is 2.25. The van der Waals surface area contributed by atoms with Crippen molar-refractivity contribution >= 4 is 11.7 Å². The van der Waals surface area contributed by atoms with E-state index in [-0.39, 0.29) is 6.03 Å². The fourth-order valence-corrected chi connectivity index (χ4v) is 3.20. The number of nitrogens with one attached hydrogen (secondary N) is 1. The minimum Gasteiger partial charge on any atom is -0.489 e. The van der Waals surface area contributed by atoms with Gasteiger partial charge in [0, 0.05) is 24.0 Å². The van der Waals surface area contributed by atoms with Crippen LogP contribution in [0.3, 0.4) is 0 Å². The number of benzene rings is 2. The molecule has 1 aromatic heterocycles. The molecule has 0 saturated heterocycles. The summed E-state index contributed by atoms with van der Waals surface area (Å²) in [6.45, 7) is 8.37. The second kappa shape index (κ2) is 8.36. The van der Waals surface area contributed by atoms with Crippen LogP contribution in [-0.4, -0.2) is 27.9 Å². The van der Waals surface area contributed by atoms with Gasteiger partial charge in [-0.3, -0.25) is 5.01 Å². The first kappa shape index (κ1) is 20.4. The first-order chi connectivity index (χ1) is 13.8. The maximum absolute atomic E-state index is 11.9. The monoisotopic (exact) mass is 393 g/mol. The minimum atomic E-state index is -0.387. The molecule has 0 radical (unpaired) electrons. The summed E-state index contributed by atoms with van der Waals surface area (Å²) in [5, 5.41) is 8.37. The quantitative estimate of drug-likeness (QED) is 0.389. The molecule has 152 valence electrons. The van der Waals surface area contributed by atoms with Crippen LogP contribution in [0.4, 0.5) is 10.5 Å². The molecule has 1 heterocycles. The summed E-state index contributed by atoms with van der Waals surface area (Å²) in [6.07, 6.45) is 0. The highest BCUT2D eigenvalue weighted by molar-refractivity contribution is 5.89. The van der Waals surface area contributed by atoms with Crippen molar-refractivity contribution in [2.75, 3.05) is 12.4 Å². The number of nitrogens with zero attached hydrogens (tertiary/aromatic N) is 3. The Hall–Kier alpha value is -3.32. The van der Waals surface area contributed by atoms with Crippen LogP contribution >= 0.6 is 0 Å². The third-order valence-corrected chi connectivity index (χ3v) is 4.76. The molecule has 0 aliphatic carbocycles. The molecular weight excluding hydrogens is 366 g/mol. The zero-order valence-electron chi connectivity index (χ0n) is 17.5. The van der Waals surface area contributed by atoms with E-state index in [1.807, 2.05) is 68.8 Å². The Kier molecular flexibility index (Phi) is 5.89. The van der Waals surface area contributed by atoms with Crippen molar-refractivity contribution in [3.63, 3.8) is 0 Å².